The van der Waals surface area contributed by atoms with Gasteiger partial charge in [0, 0.05) is 0 Å². The minimum absolute atomic E-state index is 0.0417. The van der Waals surface area contributed by atoms with Gasteiger partial charge in [-0.15, -0.1) is 0 Å². The first-order valence-corrected chi connectivity index (χ1v) is 6.11. The summed E-state index contributed by atoms with van der Waals surface area (Å²) in [7, 11) is 0. The lowest BCUT2D eigenvalue weighted by molar-refractivity contribution is -0.152. The van der Waals surface area contributed by atoms with E-state index in [4.69, 9.17) is 0 Å². The smallest absolute Gasteiger partial charge is 0.312 e. The number of hydrogen-bond donors (Lipinski definition) is 1. The molecule has 2 rings (SSSR count). The summed E-state index contributed by atoms with van der Waals surface area (Å²) in [5, 5.41) is 9.30. The molecule has 0 aromatic heterocycles. The third kappa shape index (κ3) is 1.26. The summed E-state index contributed by atoms with van der Waals surface area (Å²) in [4.78, 5) is 11.3. The lowest BCUT2D eigenvalue weighted by Crippen LogP contribution is -2.39. The van der Waals surface area contributed by atoms with Crippen molar-refractivity contribution in [3.8, 4) is 0 Å². The Morgan fingerprint density at radius 3 is 2.50 bits per heavy atom. The predicted molar refractivity (Wildman–Crippen MR) is 59.9 cm³/mol. The van der Waals surface area contributed by atoms with E-state index in [0.717, 1.165) is 19.3 Å². The van der Waals surface area contributed by atoms with Crippen molar-refractivity contribution in [2.45, 2.75) is 39.5 Å². The van der Waals surface area contributed by atoms with Crippen molar-refractivity contribution in [3.05, 3.63) is 11.1 Å². The van der Waals surface area contributed by atoms with Crippen LogP contribution in [-0.4, -0.2) is 17.8 Å². The molecule has 0 radical (unpaired) electrons. The Kier molecular flexibility index (Phi) is 2.81. The van der Waals surface area contributed by atoms with Crippen LogP contribution in [-0.2, 0) is 4.79 Å². The molecule has 1 fully saturated rings. The molecule has 3 atom stereocenters. The number of allylic oxidation sites excluding steroid dienone is 2. The average Bonchev–Trinajstić information content (AvgIpc) is 2.82. The maximum Gasteiger partial charge on any atom is 0.312 e. The molecule has 16 heavy (non-hydrogen) atoms. The van der Waals surface area contributed by atoms with Gasteiger partial charge in [-0.3, -0.25) is 4.79 Å². The minimum atomic E-state index is -1.10. The fourth-order valence-corrected chi connectivity index (χ4v) is 3.83. The maximum absolute atomic E-state index is 13.2. The molecule has 2 aliphatic carbocycles. The van der Waals surface area contributed by atoms with Crippen LogP contribution in [0.25, 0.3) is 0 Å². The Labute approximate surface area is 95.5 Å². The largest absolute Gasteiger partial charge is 0.481 e. The molecular weight excluding hydrogens is 207 g/mol. The van der Waals surface area contributed by atoms with Crippen LogP contribution in [0.5, 0.6) is 0 Å². The number of aliphatic carboxylic acids is 1. The van der Waals surface area contributed by atoms with Gasteiger partial charge in [-0.2, -0.15) is 0 Å². The molecule has 1 saturated carbocycles. The quantitative estimate of drug-likeness (QED) is 0.747. The molecule has 90 valence electrons. The second-order valence-corrected chi connectivity index (χ2v) is 5.04. The monoisotopic (exact) mass is 226 g/mol. The summed E-state index contributed by atoms with van der Waals surface area (Å²) in [5.41, 5.74) is 1.55. The summed E-state index contributed by atoms with van der Waals surface area (Å²) in [6.07, 6.45) is 3.24. The number of alkyl halides is 1. The number of carbonyl (C=O) groups is 1. The van der Waals surface area contributed by atoms with Gasteiger partial charge in [-0.05, 0) is 37.5 Å². The fraction of sp³-hybridized carbons (Fsp3) is 0.769. The zero-order chi connectivity index (χ0) is 11.9. The van der Waals surface area contributed by atoms with Crippen LogP contribution in [0.15, 0.2) is 11.1 Å². The second kappa shape index (κ2) is 3.86. The summed E-state index contributed by atoms with van der Waals surface area (Å²) in [6.45, 7) is 3.45. The lowest BCUT2D eigenvalue weighted by atomic mass is 9.70. The van der Waals surface area contributed by atoms with Gasteiger partial charge < -0.3 is 5.11 Å². The number of hydrogen-bond acceptors (Lipinski definition) is 1. The molecular formula is C13H19FO2. The van der Waals surface area contributed by atoms with Crippen molar-refractivity contribution in [2.24, 2.45) is 17.3 Å². The van der Waals surface area contributed by atoms with E-state index in [1.807, 2.05) is 0 Å². The highest BCUT2D eigenvalue weighted by Gasteiger charge is 2.58. The van der Waals surface area contributed by atoms with Crippen molar-refractivity contribution >= 4 is 5.97 Å². The van der Waals surface area contributed by atoms with Gasteiger partial charge in [-0.25, -0.2) is 4.39 Å². The first-order chi connectivity index (χ1) is 7.60. The lowest BCUT2D eigenvalue weighted by Gasteiger charge is -2.33. The number of rotatable bonds is 4. The Bertz CT molecular complexity index is 348. The highest BCUT2D eigenvalue weighted by Crippen LogP contribution is 2.60. The van der Waals surface area contributed by atoms with Crippen LogP contribution in [0.1, 0.15) is 39.5 Å². The molecule has 0 saturated heterocycles. The summed E-state index contributed by atoms with van der Waals surface area (Å²) >= 11 is 0. The van der Waals surface area contributed by atoms with Crippen LogP contribution in [0, 0.1) is 17.3 Å². The number of halogens is 1. The summed E-state index contributed by atoms with van der Waals surface area (Å²) in [6, 6.07) is 0. The van der Waals surface area contributed by atoms with Gasteiger partial charge in [0.2, 0.25) is 0 Å². The van der Waals surface area contributed by atoms with E-state index in [9.17, 15) is 14.3 Å². The summed E-state index contributed by atoms with van der Waals surface area (Å²) in [5.74, 6) is -0.652. The highest BCUT2D eigenvalue weighted by atomic mass is 19.1. The molecule has 2 nitrogen and oxygen atoms in total. The van der Waals surface area contributed by atoms with E-state index >= 15 is 0 Å². The maximum atomic E-state index is 13.2. The normalized spacial score (nSPS) is 37.2. The van der Waals surface area contributed by atoms with Crippen molar-refractivity contribution in [3.63, 3.8) is 0 Å². The molecule has 2 bridgehead atoms. The van der Waals surface area contributed by atoms with Gasteiger partial charge >= 0.3 is 5.97 Å². The van der Waals surface area contributed by atoms with E-state index in [1.54, 1.807) is 0 Å². The molecule has 1 N–H and O–H groups in total. The predicted octanol–water partition coefficient (Wildman–Crippen LogP) is 3.18. The Hall–Kier alpha value is -0.860. The molecule has 0 aromatic carbocycles. The van der Waals surface area contributed by atoms with E-state index in [-0.39, 0.29) is 5.92 Å². The molecule has 2 aliphatic rings. The van der Waals surface area contributed by atoms with Gasteiger partial charge in [0.1, 0.15) is 12.1 Å². The molecule has 3 heteroatoms. The van der Waals surface area contributed by atoms with Crippen LogP contribution in [0.3, 0.4) is 0 Å². The van der Waals surface area contributed by atoms with Crippen LogP contribution in [0.2, 0.25) is 0 Å². The Morgan fingerprint density at radius 1 is 1.44 bits per heavy atom. The Morgan fingerprint density at radius 2 is 2.06 bits per heavy atom. The average molecular weight is 226 g/mol. The topological polar surface area (TPSA) is 37.3 Å². The van der Waals surface area contributed by atoms with Crippen molar-refractivity contribution < 1.29 is 14.3 Å². The van der Waals surface area contributed by atoms with E-state index in [0.29, 0.717) is 12.3 Å². The number of carboxylic acid groups (broad SMARTS) is 1. The third-order valence-electron chi connectivity index (χ3n) is 4.55. The molecule has 0 heterocycles. The van der Waals surface area contributed by atoms with Crippen molar-refractivity contribution in [1.29, 1.82) is 0 Å². The van der Waals surface area contributed by atoms with Crippen LogP contribution < -0.4 is 0 Å². The molecule has 0 amide bonds. The van der Waals surface area contributed by atoms with Crippen LogP contribution >= 0.6 is 0 Å². The van der Waals surface area contributed by atoms with Crippen molar-refractivity contribution in [1.82, 2.24) is 0 Å². The van der Waals surface area contributed by atoms with Crippen molar-refractivity contribution in [2.75, 3.05) is 6.67 Å². The zero-order valence-corrected chi connectivity index (χ0v) is 9.92. The highest BCUT2D eigenvalue weighted by molar-refractivity contribution is 5.77. The van der Waals surface area contributed by atoms with E-state index in [1.165, 1.54) is 11.1 Å². The fourth-order valence-electron chi connectivity index (χ4n) is 3.83. The molecule has 0 aliphatic heterocycles. The van der Waals surface area contributed by atoms with Gasteiger partial charge in [0.25, 0.3) is 0 Å². The Balaban J connectivity index is 2.41. The SMILES string of the molecule is CCC1=C(CC)C2CC1CC2(CF)C(=O)O. The van der Waals surface area contributed by atoms with Crippen LogP contribution in [0.4, 0.5) is 4.39 Å². The summed E-state index contributed by atoms with van der Waals surface area (Å²) < 4.78 is 13.2. The third-order valence-corrected chi connectivity index (χ3v) is 4.55. The molecule has 0 aromatic rings. The second-order valence-electron chi connectivity index (χ2n) is 5.04. The van der Waals surface area contributed by atoms with E-state index < -0.39 is 18.1 Å². The van der Waals surface area contributed by atoms with Gasteiger partial charge in [0.15, 0.2) is 0 Å². The first kappa shape index (κ1) is 11.6. The zero-order valence-electron chi connectivity index (χ0n) is 9.92. The van der Waals surface area contributed by atoms with Gasteiger partial charge in [0.05, 0.1) is 0 Å². The number of carboxylic acids is 1. The first-order valence-electron chi connectivity index (χ1n) is 6.11. The van der Waals surface area contributed by atoms with Gasteiger partial charge in [-0.1, -0.05) is 25.0 Å². The minimum Gasteiger partial charge on any atom is -0.481 e. The molecule has 3 unspecified atom stereocenters. The standard InChI is InChI=1S/C13H19FO2/c1-3-9-8-5-11(10(9)4-2)13(6-8,7-14)12(15)16/h8,11H,3-7H2,1-2H3,(H,15,16). The number of fused-ring (bicyclic) bond motifs is 2. The van der Waals surface area contributed by atoms with E-state index in [2.05, 4.69) is 13.8 Å². The molecule has 0 spiro atoms.